The Balaban J connectivity index is 1.92. The van der Waals surface area contributed by atoms with E-state index in [2.05, 4.69) is 18.1 Å². The third-order valence-corrected chi connectivity index (χ3v) is 4.37. The highest BCUT2D eigenvalue weighted by atomic mass is 16.5. The van der Waals surface area contributed by atoms with E-state index in [1.54, 1.807) is 11.9 Å². The fourth-order valence-corrected chi connectivity index (χ4v) is 2.97. The van der Waals surface area contributed by atoms with Gasteiger partial charge in [-0.1, -0.05) is 29.4 Å². The molecule has 0 radical (unpaired) electrons. The minimum atomic E-state index is -0.114. The van der Waals surface area contributed by atoms with Crippen LogP contribution in [0.1, 0.15) is 27.4 Å². The molecule has 2 heterocycles. The van der Waals surface area contributed by atoms with E-state index < -0.39 is 0 Å². The second-order valence-electron chi connectivity index (χ2n) is 6.87. The molecular weight excluding hydrogens is 340 g/mol. The van der Waals surface area contributed by atoms with Crippen molar-refractivity contribution >= 4 is 11.7 Å². The first-order chi connectivity index (χ1) is 12.9. The average molecular weight is 364 g/mol. The van der Waals surface area contributed by atoms with Crippen molar-refractivity contribution in [3.8, 4) is 11.3 Å². The zero-order chi connectivity index (χ0) is 19.6. The van der Waals surface area contributed by atoms with E-state index in [1.165, 1.54) is 0 Å². The van der Waals surface area contributed by atoms with E-state index in [-0.39, 0.29) is 5.91 Å². The topological polar surface area (TPSA) is 62.5 Å². The molecule has 6 heteroatoms. The van der Waals surface area contributed by atoms with Crippen molar-refractivity contribution in [1.82, 2.24) is 15.0 Å². The summed E-state index contributed by atoms with van der Waals surface area (Å²) < 4.78 is 5.22. The second kappa shape index (κ2) is 7.61. The summed E-state index contributed by atoms with van der Waals surface area (Å²) in [6.07, 6.45) is 0. The molecule has 1 aromatic carbocycles. The van der Waals surface area contributed by atoms with Crippen LogP contribution >= 0.6 is 0 Å². The normalized spacial score (nSPS) is 10.7. The van der Waals surface area contributed by atoms with Crippen molar-refractivity contribution in [3.05, 3.63) is 65.0 Å². The van der Waals surface area contributed by atoms with Crippen LogP contribution < -0.4 is 4.90 Å². The largest absolute Gasteiger partial charge is 0.362 e. The van der Waals surface area contributed by atoms with Gasteiger partial charge in [0.05, 0.1) is 23.5 Å². The van der Waals surface area contributed by atoms with Gasteiger partial charge >= 0.3 is 0 Å². The summed E-state index contributed by atoms with van der Waals surface area (Å²) >= 11 is 0. The van der Waals surface area contributed by atoms with Crippen LogP contribution in [0.15, 0.2) is 47.0 Å². The number of amides is 1. The summed E-state index contributed by atoms with van der Waals surface area (Å²) in [5.41, 5.74) is 4.40. The highest BCUT2D eigenvalue weighted by molar-refractivity contribution is 5.99. The lowest BCUT2D eigenvalue weighted by molar-refractivity contribution is 0.0772. The van der Waals surface area contributed by atoms with Crippen molar-refractivity contribution < 1.29 is 9.32 Å². The lowest BCUT2D eigenvalue weighted by atomic mass is 10.0. The number of aryl methyl sites for hydroxylation is 2. The Hall–Kier alpha value is -3.15. The Morgan fingerprint density at radius 2 is 1.81 bits per heavy atom. The first-order valence-corrected chi connectivity index (χ1v) is 8.79. The summed E-state index contributed by atoms with van der Waals surface area (Å²) in [5.74, 6) is 1.18. The molecule has 0 spiro atoms. The molecule has 0 aliphatic carbocycles. The number of pyridine rings is 1. The summed E-state index contributed by atoms with van der Waals surface area (Å²) in [6, 6.07) is 13.7. The zero-order valence-corrected chi connectivity index (χ0v) is 16.4. The Labute approximate surface area is 159 Å². The van der Waals surface area contributed by atoms with E-state index in [4.69, 9.17) is 9.51 Å². The zero-order valence-electron chi connectivity index (χ0n) is 16.4. The van der Waals surface area contributed by atoms with Gasteiger partial charge in [0.25, 0.3) is 5.91 Å². The monoisotopic (exact) mass is 364 g/mol. The van der Waals surface area contributed by atoms with Gasteiger partial charge in [-0.2, -0.15) is 0 Å². The molecule has 0 saturated heterocycles. The van der Waals surface area contributed by atoms with Crippen molar-refractivity contribution in [2.75, 3.05) is 26.0 Å². The molecule has 2 aromatic heterocycles. The molecule has 0 atom stereocenters. The van der Waals surface area contributed by atoms with Crippen LogP contribution in [0, 0.1) is 13.8 Å². The summed E-state index contributed by atoms with van der Waals surface area (Å²) in [7, 11) is 5.52. The number of nitrogens with zero attached hydrogens (tertiary/aromatic N) is 4. The van der Waals surface area contributed by atoms with Crippen molar-refractivity contribution in [2.24, 2.45) is 0 Å². The molecule has 3 aromatic rings. The van der Waals surface area contributed by atoms with Crippen LogP contribution in [0.2, 0.25) is 0 Å². The first-order valence-electron chi connectivity index (χ1n) is 8.79. The van der Waals surface area contributed by atoms with E-state index in [0.29, 0.717) is 23.7 Å². The van der Waals surface area contributed by atoms with Crippen molar-refractivity contribution in [1.29, 1.82) is 0 Å². The number of hydrogen-bond donors (Lipinski definition) is 0. The SMILES string of the molecule is Cc1cc(CN(C)C(=O)c2ccc(-c3ccccc3C)nc2N(C)C)on1. The van der Waals surface area contributed by atoms with E-state index in [0.717, 1.165) is 22.5 Å². The number of benzene rings is 1. The van der Waals surface area contributed by atoms with Crippen LogP contribution in [0.4, 0.5) is 5.82 Å². The summed E-state index contributed by atoms with van der Waals surface area (Å²) in [4.78, 5) is 21.2. The number of anilines is 1. The average Bonchev–Trinajstić information content (AvgIpc) is 3.05. The van der Waals surface area contributed by atoms with Crippen LogP contribution in [-0.2, 0) is 6.54 Å². The molecule has 0 aliphatic heterocycles. The van der Waals surface area contributed by atoms with Gasteiger partial charge in [0, 0.05) is 32.8 Å². The van der Waals surface area contributed by atoms with Gasteiger partial charge in [-0.05, 0) is 31.5 Å². The Bertz CT molecular complexity index is 962. The van der Waals surface area contributed by atoms with Gasteiger partial charge in [-0.25, -0.2) is 4.98 Å². The third kappa shape index (κ3) is 4.00. The predicted molar refractivity (Wildman–Crippen MR) is 106 cm³/mol. The fraction of sp³-hybridized carbons (Fsp3) is 0.286. The minimum absolute atomic E-state index is 0.114. The molecular formula is C21H24N4O2. The maximum absolute atomic E-state index is 13.0. The van der Waals surface area contributed by atoms with Crippen molar-refractivity contribution in [2.45, 2.75) is 20.4 Å². The van der Waals surface area contributed by atoms with Gasteiger partial charge in [-0.15, -0.1) is 0 Å². The highest BCUT2D eigenvalue weighted by Crippen LogP contribution is 2.26. The fourth-order valence-electron chi connectivity index (χ4n) is 2.97. The van der Waals surface area contributed by atoms with Crippen LogP contribution in [0.5, 0.6) is 0 Å². The highest BCUT2D eigenvalue weighted by Gasteiger charge is 2.20. The number of carbonyl (C=O) groups excluding carboxylic acids is 1. The van der Waals surface area contributed by atoms with Gasteiger partial charge in [0.1, 0.15) is 5.82 Å². The van der Waals surface area contributed by atoms with Crippen LogP contribution in [0.3, 0.4) is 0 Å². The quantitative estimate of drug-likeness (QED) is 0.691. The summed E-state index contributed by atoms with van der Waals surface area (Å²) in [5, 5.41) is 3.87. The maximum atomic E-state index is 13.0. The van der Waals surface area contributed by atoms with Crippen LogP contribution in [-0.4, -0.2) is 42.1 Å². The standard InChI is InChI=1S/C21H24N4O2/c1-14-8-6-7-9-17(14)19-11-10-18(20(22-19)24(3)4)21(26)25(5)13-16-12-15(2)23-27-16/h6-12H,13H2,1-5H3. The third-order valence-electron chi connectivity index (χ3n) is 4.37. The van der Waals surface area contributed by atoms with E-state index in [9.17, 15) is 4.79 Å². The number of hydrogen-bond acceptors (Lipinski definition) is 5. The van der Waals surface area contributed by atoms with E-state index in [1.807, 2.05) is 62.3 Å². The molecule has 6 nitrogen and oxygen atoms in total. The minimum Gasteiger partial charge on any atom is -0.362 e. The maximum Gasteiger partial charge on any atom is 0.257 e. The molecule has 1 amide bonds. The number of carbonyl (C=O) groups is 1. The van der Waals surface area contributed by atoms with Crippen molar-refractivity contribution in [3.63, 3.8) is 0 Å². The molecule has 0 unspecified atom stereocenters. The number of rotatable bonds is 5. The molecule has 0 bridgehead atoms. The first kappa shape index (κ1) is 18.6. The number of aromatic nitrogens is 2. The Morgan fingerprint density at radius 1 is 1.07 bits per heavy atom. The predicted octanol–water partition coefficient (Wildman–Crippen LogP) is 3.69. The summed E-state index contributed by atoms with van der Waals surface area (Å²) in [6.45, 7) is 4.26. The van der Waals surface area contributed by atoms with Gasteiger partial charge in [0.15, 0.2) is 5.76 Å². The lowest BCUT2D eigenvalue weighted by Gasteiger charge is -2.21. The smallest absolute Gasteiger partial charge is 0.257 e. The molecule has 27 heavy (non-hydrogen) atoms. The van der Waals surface area contributed by atoms with Gasteiger partial charge < -0.3 is 14.3 Å². The van der Waals surface area contributed by atoms with Gasteiger partial charge in [0.2, 0.25) is 0 Å². The second-order valence-corrected chi connectivity index (χ2v) is 6.87. The Morgan fingerprint density at radius 3 is 2.44 bits per heavy atom. The molecule has 0 aliphatic rings. The van der Waals surface area contributed by atoms with Crippen LogP contribution in [0.25, 0.3) is 11.3 Å². The molecule has 0 fully saturated rings. The molecule has 0 N–H and O–H groups in total. The van der Waals surface area contributed by atoms with Gasteiger partial charge in [-0.3, -0.25) is 4.79 Å². The molecule has 0 saturated carbocycles. The Kier molecular flexibility index (Phi) is 5.26. The molecule has 140 valence electrons. The lowest BCUT2D eigenvalue weighted by Crippen LogP contribution is -2.28. The molecule has 3 rings (SSSR count). The van der Waals surface area contributed by atoms with E-state index >= 15 is 0 Å².